The number of carbonyl (C=O) groups excluding carboxylic acids is 5. The van der Waals surface area contributed by atoms with E-state index in [4.69, 9.17) is 4.74 Å². The number of likely N-dealkylation sites (N-methyl/N-ethyl adjacent to an activating group) is 2. The van der Waals surface area contributed by atoms with Crippen LogP contribution in [0.25, 0.3) is 11.1 Å². The Balaban J connectivity index is 0.778. The summed E-state index contributed by atoms with van der Waals surface area (Å²) >= 11 is 8.99. The van der Waals surface area contributed by atoms with Crippen LogP contribution in [-0.4, -0.2) is 114 Å². The number of rotatable bonds is 29. The number of ether oxygens (including phenoxy) is 1. The number of hydrogen-bond donors (Lipinski definition) is 1. The Hall–Kier alpha value is -6.83. The zero-order valence-electron chi connectivity index (χ0n) is 43.8. The van der Waals surface area contributed by atoms with Gasteiger partial charge in [-0.3, -0.25) is 38.7 Å². The maximum absolute atomic E-state index is 14.0. The summed E-state index contributed by atoms with van der Waals surface area (Å²) in [4.78, 5) is 69.8. The fourth-order valence-corrected chi connectivity index (χ4v) is 13.2. The third-order valence-electron chi connectivity index (χ3n) is 11.9. The van der Waals surface area contributed by atoms with Crippen molar-refractivity contribution in [2.75, 3.05) is 63.9 Å². The van der Waals surface area contributed by atoms with Gasteiger partial charge in [0.2, 0.25) is 44.2 Å². The molecule has 0 unspecified atom stereocenters. The van der Waals surface area contributed by atoms with Crippen LogP contribution in [0.2, 0.25) is 0 Å². The Bertz CT molecular complexity index is 3280. The first-order valence-corrected chi connectivity index (χ1v) is 31.0. The van der Waals surface area contributed by atoms with E-state index in [9.17, 15) is 24.0 Å². The smallest absolute Gasteiger partial charge is 0.307 e. The van der Waals surface area contributed by atoms with E-state index in [1.807, 2.05) is 116 Å². The molecule has 0 aliphatic rings. The van der Waals surface area contributed by atoms with Gasteiger partial charge in [0, 0.05) is 46.2 Å². The maximum Gasteiger partial charge on any atom is 0.307 e. The molecule has 0 bridgehead atoms. The van der Waals surface area contributed by atoms with Crippen LogP contribution < -0.4 is 20.0 Å². The summed E-state index contributed by atoms with van der Waals surface area (Å²) in [6, 6.07) is 34.6. The van der Waals surface area contributed by atoms with E-state index in [1.54, 1.807) is 47.4 Å². The fraction of sp³-hybridized carbons (Fsp3) is 0.327. The number of amides is 4. The minimum atomic E-state index is -0.406. The molecule has 18 nitrogen and oxygen atoms in total. The molecule has 4 amide bonds. The van der Waals surface area contributed by atoms with Crippen LogP contribution in [-0.2, 0) is 80.1 Å². The van der Waals surface area contributed by atoms with E-state index in [0.717, 1.165) is 82.8 Å². The van der Waals surface area contributed by atoms with Gasteiger partial charge in [-0.05, 0) is 62.8 Å². The molecule has 8 rings (SSSR count). The molecule has 4 heterocycles. The molecule has 0 fully saturated rings. The van der Waals surface area contributed by atoms with Crippen LogP contribution >= 0.6 is 68.9 Å². The van der Waals surface area contributed by atoms with Crippen LogP contribution in [0.5, 0.6) is 0 Å². The van der Waals surface area contributed by atoms with Crippen molar-refractivity contribution in [2.24, 2.45) is 0 Å². The lowest BCUT2D eigenvalue weighted by Gasteiger charge is -2.19. The van der Waals surface area contributed by atoms with Crippen molar-refractivity contribution in [1.29, 1.82) is 0 Å². The monoisotopic (exact) mass is 1170 g/mol. The Morgan fingerprint density at radius 2 is 0.924 bits per heavy atom. The number of esters is 1. The highest BCUT2D eigenvalue weighted by molar-refractivity contribution is 7.99. The predicted molar refractivity (Wildman–Crippen MR) is 317 cm³/mol. The number of benzene rings is 4. The molecule has 0 saturated carbocycles. The second kappa shape index (κ2) is 29.9. The number of thioether (sulfide) groups is 2. The van der Waals surface area contributed by atoms with Crippen LogP contribution in [0.1, 0.15) is 62.0 Å². The van der Waals surface area contributed by atoms with Crippen molar-refractivity contribution in [1.82, 2.24) is 40.8 Å². The lowest BCUT2D eigenvalue weighted by atomic mass is 9.99. The first-order chi connectivity index (χ1) is 38.5. The summed E-state index contributed by atoms with van der Waals surface area (Å²) in [5.41, 5.74) is 5.22. The third kappa shape index (κ3) is 18.1. The molecule has 24 heteroatoms. The topological polar surface area (TPSA) is 219 Å². The Kier molecular flexibility index (Phi) is 22.1. The van der Waals surface area contributed by atoms with Crippen molar-refractivity contribution in [3.63, 3.8) is 0 Å². The highest BCUT2D eigenvalue weighted by atomic mass is 32.2. The first kappa shape index (κ1) is 58.3. The highest BCUT2D eigenvalue weighted by Gasteiger charge is 2.24. The van der Waals surface area contributed by atoms with E-state index >= 15 is 0 Å². The van der Waals surface area contributed by atoms with Gasteiger partial charge in [0.15, 0.2) is 6.73 Å². The van der Waals surface area contributed by atoms with Gasteiger partial charge in [-0.15, -0.1) is 40.8 Å². The maximum atomic E-state index is 14.0. The van der Waals surface area contributed by atoms with E-state index in [0.29, 0.717) is 52.6 Å². The molecule has 1 N–H and O–H groups in total. The van der Waals surface area contributed by atoms with Crippen molar-refractivity contribution < 1.29 is 28.7 Å². The van der Waals surface area contributed by atoms with E-state index in [1.165, 1.54) is 50.2 Å². The second-order valence-electron chi connectivity index (χ2n) is 17.9. The molecule has 79 heavy (non-hydrogen) atoms. The van der Waals surface area contributed by atoms with Gasteiger partial charge in [-0.25, -0.2) is 0 Å². The fourth-order valence-electron chi connectivity index (χ4n) is 7.64. The van der Waals surface area contributed by atoms with Gasteiger partial charge >= 0.3 is 5.97 Å². The molecular formula is C55H58N12O6S6. The van der Waals surface area contributed by atoms with E-state index < -0.39 is 5.97 Å². The van der Waals surface area contributed by atoms with Crippen LogP contribution in [0.4, 0.5) is 20.5 Å². The van der Waals surface area contributed by atoms with E-state index in [-0.39, 0.29) is 56.0 Å². The van der Waals surface area contributed by atoms with Gasteiger partial charge in [-0.1, -0.05) is 161 Å². The van der Waals surface area contributed by atoms with E-state index in [2.05, 4.69) is 46.1 Å². The minimum Gasteiger partial charge on any atom is -0.444 e. The summed E-state index contributed by atoms with van der Waals surface area (Å²) in [6.45, 7) is 1.60. The first-order valence-electron chi connectivity index (χ1n) is 25.5. The van der Waals surface area contributed by atoms with Gasteiger partial charge < -0.3 is 10.1 Å². The van der Waals surface area contributed by atoms with Crippen LogP contribution in [0.3, 0.4) is 0 Å². The third-order valence-corrected chi connectivity index (χ3v) is 17.9. The molecule has 4 aromatic heterocycles. The molecule has 0 aliphatic carbocycles. The van der Waals surface area contributed by atoms with Crippen LogP contribution in [0, 0.1) is 0 Å². The number of anilines is 4. The number of hydrogen-bond acceptors (Lipinski definition) is 20. The van der Waals surface area contributed by atoms with Gasteiger partial charge in [0.1, 0.15) is 20.0 Å². The van der Waals surface area contributed by atoms with Crippen molar-refractivity contribution in [2.45, 2.75) is 71.1 Å². The summed E-state index contributed by atoms with van der Waals surface area (Å²) in [6.07, 6.45) is 4.34. The second-order valence-corrected chi connectivity index (χ2v) is 24.5. The lowest BCUT2D eigenvalue weighted by molar-refractivity contribution is -0.144. The largest absolute Gasteiger partial charge is 0.444 e. The van der Waals surface area contributed by atoms with Gasteiger partial charge in [-0.2, -0.15) is 23.5 Å². The highest BCUT2D eigenvalue weighted by Crippen LogP contribution is 2.28. The molecule has 0 radical (unpaired) electrons. The van der Waals surface area contributed by atoms with Crippen molar-refractivity contribution >= 4 is 119 Å². The lowest BCUT2D eigenvalue weighted by Crippen LogP contribution is -2.35. The molecule has 0 atom stereocenters. The number of nitrogens with zero attached hydrogens (tertiary/aromatic N) is 11. The van der Waals surface area contributed by atoms with Crippen molar-refractivity contribution in [3.8, 4) is 11.1 Å². The Morgan fingerprint density at radius 1 is 0.494 bits per heavy atom. The molecule has 8 aromatic rings. The standard InChI is InChI=1S/C55H58N12O6S6/c1-4-13-51(72)73-36-67(55-64-60-47(79-55)25-29-74-26-22-44-57-61-52(76-44)56-43(68)32-37-14-7-5-8-15-37)50(71)35-40-19-12-21-42(31-40)41-20-11-18-39(30-41)34-49(70)66(3)54-63-59-46(78-54)24-28-75-27-23-45-58-62-53(77-45)65(2)48(69)33-38-16-9-6-10-17-38/h5-12,14-21,30-31H,4,13,22-29,32-36H2,1-3H3,(H,56,61,68). The Morgan fingerprint density at radius 3 is 1.44 bits per heavy atom. The zero-order chi connectivity index (χ0) is 55.3. The number of carbonyl (C=O) groups is 5. The number of aromatic nitrogens is 8. The summed E-state index contributed by atoms with van der Waals surface area (Å²) in [7, 11) is 3.44. The summed E-state index contributed by atoms with van der Waals surface area (Å²) < 4.78 is 5.53. The van der Waals surface area contributed by atoms with Gasteiger partial charge in [0.05, 0.1) is 25.7 Å². The molecule has 0 spiro atoms. The van der Waals surface area contributed by atoms with Gasteiger partial charge in [0.25, 0.3) is 0 Å². The average molecular weight is 1180 g/mol. The SMILES string of the molecule is CCCC(=O)OCN(C(=O)Cc1cccc(-c2cccc(CC(=O)N(C)c3nnc(CCSCCc4nnc(N(C)C(=O)Cc5ccccc5)s4)s3)c2)c1)c1nnc(CCSCCc2nnc(NC(=O)Cc3ccccc3)s2)s1. The quantitative estimate of drug-likeness (QED) is 0.0262. The summed E-state index contributed by atoms with van der Waals surface area (Å²) in [5.74, 6) is 2.21. The number of nitrogens with one attached hydrogen (secondary N) is 1. The minimum absolute atomic E-state index is 0.0167. The Labute approximate surface area is 482 Å². The molecule has 0 aliphatic heterocycles. The molecule has 410 valence electrons. The zero-order valence-corrected chi connectivity index (χ0v) is 48.7. The summed E-state index contributed by atoms with van der Waals surface area (Å²) in [5, 5.41) is 42.4. The van der Waals surface area contributed by atoms with Crippen molar-refractivity contribution in [3.05, 3.63) is 151 Å². The average Bonchev–Trinajstić information content (AvgIpc) is 4.32. The normalized spacial score (nSPS) is 11.1. The molecule has 0 saturated heterocycles. The molecule has 4 aromatic carbocycles. The predicted octanol–water partition coefficient (Wildman–Crippen LogP) is 9.27. The van der Waals surface area contributed by atoms with Crippen LogP contribution in [0.15, 0.2) is 109 Å². The number of aryl methyl sites for hydroxylation is 4. The molecular weight excluding hydrogens is 1120 g/mol.